The fourth-order valence-corrected chi connectivity index (χ4v) is 1.72. The Morgan fingerprint density at radius 2 is 2.36 bits per heavy atom. The van der Waals surface area contributed by atoms with E-state index in [4.69, 9.17) is 0 Å². The van der Waals surface area contributed by atoms with E-state index in [1.807, 2.05) is 0 Å². The summed E-state index contributed by atoms with van der Waals surface area (Å²) >= 11 is 0. The first-order chi connectivity index (χ1) is 5.34. The van der Waals surface area contributed by atoms with Crippen LogP contribution in [0, 0.1) is 5.92 Å². The first-order valence-electron chi connectivity index (χ1n) is 4.73. The molecule has 1 heteroatoms. The van der Waals surface area contributed by atoms with Crippen molar-refractivity contribution < 1.29 is 0 Å². The van der Waals surface area contributed by atoms with Crippen LogP contribution in [0.15, 0.2) is 12.2 Å². The molecule has 1 aliphatic carbocycles. The second-order valence-corrected chi connectivity index (χ2v) is 3.41. The molecule has 0 spiro atoms. The molecule has 0 aliphatic heterocycles. The maximum absolute atomic E-state index is 4.11. The number of hydrogen-bond donors (Lipinski definition) is 1. The summed E-state index contributed by atoms with van der Waals surface area (Å²) in [4.78, 5) is 0. The maximum Gasteiger partial charge on any atom is 0.00166 e. The lowest BCUT2D eigenvalue weighted by Gasteiger charge is -2.24. The molecule has 11 heavy (non-hydrogen) atoms. The van der Waals surface area contributed by atoms with Crippen LogP contribution >= 0.6 is 0 Å². The molecule has 0 heterocycles. The van der Waals surface area contributed by atoms with Gasteiger partial charge >= 0.3 is 0 Å². The Bertz CT molecular complexity index is 129. The molecule has 0 saturated heterocycles. The van der Waals surface area contributed by atoms with Crippen LogP contribution in [-0.2, 0) is 0 Å². The van der Waals surface area contributed by atoms with E-state index in [-0.39, 0.29) is 0 Å². The zero-order chi connectivity index (χ0) is 8.10. The van der Waals surface area contributed by atoms with Crippen LogP contribution in [0.25, 0.3) is 0 Å². The van der Waals surface area contributed by atoms with Crippen LogP contribution in [0.2, 0.25) is 0 Å². The average Bonchev–Trinajstić information content (AvgIpc) is 2.03. The first-order valence-corrected chi connectivity index (χ1v) is 4.73. The summed E-state index contributed by atoms with van der Waals surface area (Å²) in [6.45, 7) is 8.50. The molecule has 1 unspecified atom stereocenters. The van der Waals surface area contributed by atoms with E-state index in [1.54, 1.807) is 0 Å². The predicted octanol–water partition coefficient (Wildman–Crippen LogP) is 2.34. The monoisotopic (exact) mass is 153 g/mol. The molecule has 1 rings (SSSR count). The van der Waals surface area contributed by atoms with E-state index in [2.05, 4.69) is 18.8 Å². The van der Waals surface area contributed by atoms with Gasteiger partial charge in [-0.2, -0.15) is 0 Å². The van der Waals surface area contributed by atoms with Gasteiger partial charge in [0, 0.05) is 6.54 Å². The molecular formula is C10H19N. The van der Waals surface area contributed by atoms with Gasteiger partial charge in [0.15, 0.2) is 0 Å². The van der Waals surface area contributed by atoms with Crippen molar-refractivity contribution in [2.75, 3.05) is 13.1 Å². The summed E-state index contributed by atoms with van der Waals surface area (Å²) in [5.41, 5.74) is 1.47. The smallest absolute Gasteiger partial charge is 0.00166 e. The fraction of sp³-hybridized carbons (Fsp3) is 0.800. The van der Waals surface area contributed by atoms with Gasteiger partial charge in [0.1, 0.15) is 0 Å². The van der Waals surface area contributed by atoms with Gasteiger partial charge in [0.05, 0.1) is 0 Å². The number of rotatable bonds is 3. The van der Waals surface area contributed by atoms with E-state index in [9.17, 15) is 0 Å². The summed E-state index contributed by atoms with van der Waals surface area (Å²) < 4.78 is 0. The maximum atomic E-state index is 4.11. The molecule has 0 radical (unpaired) electrons. The molecule has 0 aromatic carbocycles. The van der Waals surface area contributed by atoms with Gasteiger partial charge in [-0.25, -0.2) is 0 Å². The Kier molecular flexibility index (Phi) is 3.64. The summed E-state index contributed by atoms with van der Waals surface area (Å²) in [6, 6.07) is 0. The molecule has 1 fully saturated rings. The van der Waals surface area contributed by atoms with Gasteiger partial charge in [-0.15, -0.1) is 0 Å². The van der Waals surface area contributed by atoms with E-state index < -0.39 is 0 Å². The van der Waals surface area contributed by atoms with Crippen molar-refractivity contribution in [2.24, 2.45) is 5.92 Å². The second-order valence-electron chi connectivity index (χ2n) is 3.41. The van der Waals surface area contributed by atoms with Crippen LogP contribution < -0.4 is 5.32 Å². The quantitative estimate of drug-likeness (QED) is 0.614. The summed E-state index contributed by atoms with van der Waals surface area (Å²) in [5, 5.41) is 3.39. The van der Waals surface area contributed by atoms with Gasteiger partial charge in [0.25, 0.3) is 0 Å². The largest absolute Gasteiger partial charge is 0.316 e. The molecule has 1 aliphatic rings. The zero-order valence-corrected chi connectivity index (χ0v) is 7.53. The lowest BCUT2D eigenvalue weighted by molar-refractivity contribution is 0.432. The van der Waals surface area contributed by atoms with Crippen LogP contribution in [-0.4, -0.2) is 13.1 Å². The Morgan fingerprint density at radius 3 is 3.00 bits per heavy atom. The number of hydrogen-bond acceptors (Lipinski definition) is 1. The van der Waals surface area contributed by atoms with Gasteiger partial charge in [-0.1, -0.05) is 25.5 Å². The predicted molar refractivity (Wildman–Crippen MR) is 49.6 cm³/mol. The minimum atomic E-state index is 0.767. The highest BCUT2D eigenvalue weighted by Crippen LogP contribution is 2.27. The van der Waals surface area contributed by atoms with Gasteiger partial charge in [-0.3, -0.25) is 0 Å². The van der Waals surface area contributed by atoms with Crippen molar-refractivity contribution in [3.63, 3.8) is 0 Å². The fourth-order valence-electron chi connectivity index (χ4n) is 1.72. The van der Waals surface area contributed by atoms with Crippen molar-refractivity contribution in [3.8, 4) is 0 Å². The standard InChI is InChI=1S/C10H19N/c1-3-11-8-10-7-5-4-6-9(10)2/h10-11H,2-8H2,1H3. The third kappa shape index (κ3) is 2.66. The minimum Gasteiger partial charge on any atom is -0.316 e. The Morgan fingerprint density at radius 1 is 1.55 bits per heavy atom. The molecule has 0 bridgehead atoms. The molecule has 1 N–H and O–H groups in total. The van der Waals surface area contributed by atoms with Crippen LogP contribution in [0.4, 0.5) is 0 Å². The third-order valence-electron chi connectivity index (χ3n) is 2.52. The molecule has 1 atom stereocenters. The highest BCUT2D eigenvalue weighted by Gasteiger charge is 2.15. The molecule has 0 aromatic heterocycles. The summed E-state index contributed by atoms with van der Waals surface area (Å²) in [5.74, 6) is 0.767. The SMILES string of the molecule is C=C1CCCCC1CNCC. The Labute approximate surface area is 69.9 Å². The highest BCUT2D eigenvalue weighted by atomic mass is 14.8. The second kappa shape index (κ2) is 4.55. The van der Waals surface area contributed by atoms with Crippen LogP contribution in [0.1, 0.15) is 32.6 Å². The van der Waals surface area contributed by atoms with Gasteiger partial charge in [-0.05, 0) is 31.7 Å². The molecule has 0 amide bonds. The zero-order valence-electron chi connectivity index (χ0n) is 7.53. The Balaban J connectivity index is 2.24. The van der Waals surface area contributed by atoms with Crippen molar-refractivity contribution in [1.82, 2.24) is 5.32 Å². The molecule has 0 aromatic rings. The first kappa shape index (κ1) is 8.79. The topological polar surface area (TPSA) is 12.0 Å². The highest BCUT2D eigenvalue weighted by molar-refractivity contribution is 5.03. The lowest BCUT2D eigenvalue weighted by Crippen LogP contribution is -2.25. The molecular weight excluding hydrogens is 134 g/mol. The van der Waals surface area contributed by atoms with E-state index in [1.165, 1.54) is 31.3 Å². The molecule has 1 nitrogen and oxygen atoms in total. The lowest BCUT2D eigenvalue weighted by atomic mass is 9.85. The Hall–Kier alpha value is -0.300. The third-order valence-corrected chi connectivity index (χ3v) is 2.52. The van der Waals surface area contributed by atoms with E-state index >= 15 is 0 Å². The summed E-state index contributed by atoms with van der Waals surface area (Å²) in [6.07, 6.45) is 5.37. The van der Waals surface area contributed by atoms with Crippen molar-refractivity contribution >= 4 is 0 Å². The normalized spacial score (nSPS) is 25.5. The molecule has 64 valence electrons. The summed E-state index contributed by atoms with van der Waals surface area (Å²) in [7, 11) is 0. The average molecular weight is 153 g/mol. The van der Waals surface area contributed by atoms with E-state index in [0.29, 0.717) is 0 Å². The minimum absolute atomic E-state index is 0.767. The van der Waals surface area contributed by atoms with E-state index in [0.717, 1.165) is 19.0 Å². The number of nitrogens with one attached hydrogen (secondary N) is 1. The van der Waals surface area contributed by atoms with Crippen molar-refractivity contribution in [2.45, 2.75) is 32.6 Å². The van der Waals surface area contributed by atoms with Gasteiger partial charge in [0.2, 0.25) is 0 Å². The van der Waals surface area contributed by atoms with Crippen LogP contribution in [0.3, 0.4) is 0 Å². The van der Waals surface area contributed by atoms with Gasteiger partial charge < -0.3 is 5.32 Å². The van der Waals surface area contributed by atoms with Crippen molar-refractivity contribution in [3.05, 3.63) is 12.2 Å². The van der Waals surface area contributed by atoms with Crippen LogP contribution in [0.5, 0.6) is 0 Å². The molecule has 1 saturated carbocycles. The van der Waals surface area contributed by atoms with Crippen molar-refractivity contribution in [1.29, 1.82) is 0 Å².